The molecule has 5 heteroatoms. The van der Waals surface area contributed by atoms with Gasteiger partial charge < -0.3 is 13.9 Å². The molecule has 2 aliphatic rings. The maximum Gasteiger partial charge on any atom is 0.117 e. The lowest BCUT2D eigenvalue weighted by atomic mass is 9.99. The summed E-state index contributed by atoms with van der Waals surface area (Å²) in [5.41, 5.74) is 1.16. The van der Waals surface area contributed by atoms with E-state index < -0.39 is 0 Å². The van der Waals surface area contributed by atoms with Crippen molar-refractivity contribution in [2.45, 2.75) is 50.7 Å². The van der Waals surface area contributed by atoms with Gasteiger partial charge in [0.1, 0.15) is 5.76 Å². The maximum atomic E-state index is 6.29. The molecule has 2 aromatic rings. The molecule has 24 heavy (non-hydrogen) atoms. The van der Waals surface area contributed by atoms with Crippen molar-refractivity contribution in [3.63, 3.8) is 0 Å². The molecule has 3 atom stereocenters. The van der Waals surface area contributed by atoms with E-state index >= 15 is 0 Å². The van der Waals surface area contributed by atoms with Crippen LogP contribution in [0.4, 0.5) is 0 Å². The highest BCUT2D eigenvalue weighted by Crippen LogP contribution is 2.32. The molecule has 0 aromatic carbocycles. The van der Waals surface area contributed by atoms with Gasteiger partial charge in [-0.3, -0.25) is 9.88 Å². The standard InChI is InChI=1S/C19H24N2O3/c1-2-16(23-11-1)12-21-10-7-19-18(21)4-3-17(24-19)14-22-13-15-5-8-20-9-6-15/h1-2,5-6,8-9,11,17-19H,3-4,7,10,12-14H2/t17-,18-,19-/m0/s1. The molecule has 4 heterocycles. The van der Waals surface area contributed by atoms with Crippen LogP contribution in [0.15, 0.2) is 47.3 Å². The van der Waals surface area contributed by atoms with Gasteiger partial charge in [0, 0.05) is 25.0 Å². The molecule has 5 nitrogen and oxygen atoms in total. The van der Waals surface area contributed by atoms with Crippen LogP contribution in [0, 0.1) is 0 Å². The molecule has 0 spiro atoms. The van der Waals surface area contributed by atoms with Crippen molar-refractivity contribution < 1.29 is 13.9 Å². The van der Waals surface area contributed by atoms with Crippen LogP contribution < -0.4 is 0 Å². The molecule has 0 amide bonds. The van der Waals surface area contributed by atoms with Gasteiger partial charge in [0.05, 0.1) is 38.2 Å². The molecule has 2 aliphatic heterocycles. The first-order valence-corrected chi connectivity index (χ1v) is 8.77. The van der Waals surface area contributed by atoms with Crippen LogP contribution in [0.2, 0.25) is 0 Å². The number of furan rings is 1. The first-order chi connectivity index (χ1) is 11.9. The lowest BCUT2D eigenvalue weighted by Crippen LogP contribution is -2.43. The second kappa shape index (κ2) is 7.47. The number of likely N-dealkylation sites (tertiary alicyclic amines) is 1. The van der Waals surface area contributed by atoms with Crippen LogP contribution in [-0.4, -0.2) is 41.3 Å². The molecule has 0 saturated carbocycles. The summed E-state index contributed by atoms with van der Waals surface area (Å²) in [5, 5.41) is 0. The first kappa shape index (κ1) is 15.8. The average molecular weight is 328 g/mol. The molecule has 2 saturated heterocycles. The summed E-state index contributed by atoms with van der Waals surface area (Å²) in [7, 11) is 0. The number of rotatable bonds is 6. The largest absolute Gasteiger partial charge is 0.468 e. The Balaban J connectivity index is 1.23. The molecular formula is C19H24N2O3. The van der Waals surface area contributed by atoms with E-state index in [0.717, 1.165) is 37.3 Å². The fourth-order valence-electron chi connectivity index (χ4n) is 3.79. The lowest BCUT2D eigenvalue weighted by Gasteiger charge is -2.35. The van der Waals surface area contributed by atoms with Gasteiger partial charge in [-0.1, -0.05) is 0 Å². The zero-order valence-electron chi connectivity index (χ0n) is 13.8. The normalized spacial score (nSPS) is 27.2. The van der Waals surface area contributed by atoms with E-state index in [0.29, 0.717) is 25.4 Å². The Hall–Kier alpha value is -1.69. The molecule has 0 radical (unpaired) electrons. The van der Waals surface area contributed by atoms with Gasteiger partial charge in [-0.25, -0.2) is 0 Å². The van der Waals surface area contributed by atoms with Crippen LogP contribution >= 0.6 is 0 Å². The Kier molecular flexibility index (Phi) is 4.92. The Bertz CT molecular complexity index is 617. The molecule has 0 aliphatic carbocycles. The minimum Gasteiger partial charge on any atom is -0.468 e. The van der Waals surface area contributed by atoms with Gasteiger partial charge in [0.15, 0.2) is 0 Å². The topological polar surface area (TPSA) is 47.7 Å². The van der Waals surface area contributed by atoms with Crippen molar-refractivity contribution in [3.05, 3.63) is 54.2 Å². The highest BCUT2D eigenvalue weighted by atomic mass is 16.5. The monoisotopic (exact) mass is 328 g/mol. The number of hydrogen-bond acceptors (Lipinski definition) is 5. The van der Waals surface area contributed by atoms with E-state index in [-0.39, 0.29) is 6.10 Å². The molecule has 0 unspecified atom stereocenters. The minimum atomic E-state index is 0.219. The summed E-state index contributed by atoms with van der Waals surface area (Å²) in [6.07, 6.45) is 9.24. The fraction of sp³-hybridized carbons (Fsp3) is 0.526. The Labute approximate surface area is 142 Å². The average Bonchev–Trinajstić information content (AvgIpc) is 3.26. The quantitative estimate of drug-likeness (QED) is 0.816. The molecule has 2 fully saturated rings. The highest BCUT2D eigenvalue weighted by molar-refractivity contribution is 5.08. The van der Waals surface area contributed by atoms with E-state index in [2.05, 4.69) is 9.88 Å². The Morgan fingerprint density at radius 1 is 1.17 bits per heavy atom. The SMILES string of the molecule is c1coc(CN2CC[C@@H]3O[C@H](COCc4ccncc4)CC[C@@H]32)c1. The van der Waals surface area contributed by atoms with Gasteiger partial charge in [-0.2, -0.15) is 0 Å². The van der Waals surface area contributed by atoms with E-state index in [1.165, 1.54) is 6.42 Å². The predicted molar refractivity (Wildman–Crippen MR) is 89.3 cm³/mol. The molecule has 0 N–H and O–H groups in total. The van der Waals surface area contributed by atoms with Crippen molar-refractivity contribution in [1.29, 1.82) is 0 Å². The lowest BCUT2D eigenvalue weighted by molar-refractivity contribution is -0.102. The third kappa shape index (κ3) is 3.69. The van der Waals surface area contributed by atoms with Crippen molar-refractivity contribution in [2.24, 2.45) is 0 Å². The van der Waals surface area contributed by atoms with Crippen LogP contribution in [0.3, 0.4) is 0 Å². The second-order valence-electron chi connectivity index (χ2n) is 6.65. The number of hydrogen-bond donors (Lipinski definition) is 0. The first-order valence-electron chi connectivity index (χ1n) is 8.77. The molecular weight excluding hydrogens is 304 g/mol. The fourth-order valence-corrected chi connectivity index (χ4v) is 3.79. The van der Waals surface area contributed by atoms with Crippen LogP contribution in [0.1, 0.15) is 30.6 Å². The van der Waals surface area contributed by atoms with Crippen molar-refractivity contribution in [2.75, 3.05) is 13.2 Å². The van der Waals surface area contributed by atoms with Crippen LogP contribution in [0.25, 0.3) is 0 Å². The smallest absolute Gasteiger partial charge is 0.117 e. The Morgan fingerprint density at radius 3 is 2.92 bits per heavy atom. The third-order valence-corrected chi connectivity index (χ3v) is 5.01. The van der Waals surface area contributed by atoms with Crippen molar-refractivity contribution in [3.8, 4) is 0 Å². The Morgan fingerprint density at radius 2 is 2.08 bits per heavy atom. The van der Waals surface area contributed by atoms with Gasteiger partial charge in [0.2, 0.25) is 0 Å². The summed E-state index contributed by atoms with van der Waals surface area (Å²) in [6, 6.07) is 8.50. The number of aromatic nitrogens is 1. The van der Waals surface area contributed by atoms with Crippen LogP contribution in [0.5, 0.6) is 0 Å². The molecule has 128 valence electrons. The second-order valence-corrected chi connectivity index (χ2v) is 6.65. The molecule has 0 bridgehead atoms. The highest BCUT2D eigenvalue weighted by Gasteiger charge is 2.39. The third-order valence-electron chi connectivity index (χ3n) is 5.01. The van der Waals surface area contributed by atoms with Gasteiger partial charge >= 0.3 is 0 Å². The summed E-state index contributed by atoms with van der Waals surface area (Å²) in [6.45, 7) is 3.27. The zero-order valence-corrected chi connectivity index (χ0v) is 13.8. The number of pyridine rings is 1. The van der Waals surface area contributed by atoms with Gasteiger partial charge in [-0.05, 0) is 49.1 Å². The number of nitrogens with zero attached hydrogens (tertiary/aromatic N) is 2. The molecule has 4 rings (SSSR count). The van der Waals surface area contributed by atoms with Crippen molar-refractivity contribution in [1.82, 2.24) is 9.88 Å². The van der Waals surface area contributed by atoms with E-state index in [9.17, 15) is 0 Å². The van der Waals surface area contributed by atoms with Crippen LogP contribution in [-0.2, 0) is 22.6 Å². The van der Waals surface area contributed by atoms with Gasteiger partial charge in [-0.15, -0.1) is 0 Å². The summed E-state index contributed by atoms with van der Waals surface area (Å²) in [4.78, 5) is 6.52. The zero-order chi connectivity index (χ0) is 16.2. The number of ether oxygens (including phenoxy) is 2. The maximum absolute atomic E-state index is 6.29. The minimum absolute atomic E-state index is 0.219. The van der Waals surface area contributed by atoms with Crippen molar-refractivity contribution >= 4 is 0 Å². The summed E-state index contributed by atoms with van der Waals surface area (Å²) >= 11 is 0. The summed E-state index contributed by atoms with van der Waals surface area (Å²) < 4.78 is 17.6. The van der Waals surface area contributed by atoms with E-state index in [4.69, 9.17) is 13.9 Å². The van der Waals surface area contributed by atoms with E-state index in [1.54, 1.807) is 18.7 Å². The molecule has 2 aromatic heterocycles. The summed E-state index contributed by atoms with van der Waals surface area (Å²) in [5.74, 6) is 1.04. The van der Waals surface area contributed by atoms with E-state index in [1.807, 2.05) is 24.3 Å². The number of fused-ring (bicyclic) bond motifs is 1. The van der Waals surface area contributed by atoms with Gasteiger partial charge in [0.25, 0.3) is 0 Å². The predicted octanol–water partition coefficient (Wildman–Crippen LogP) is 3.01.